The van der Waals surface area contributed by atoms with Gasteiger partial charge in [0.2, 0.25) is 11.8 Å². The molecule has 2 amide bonds. The van der Waals surface area contributed by atoms with Crippen molar-refractivity contribution in [2.24, 2.45) is 5.92 Å². The van der Waals surface area contributed by atoms with E-state index in [0.717, 1.165) is 12.1 Å². The third-order valence-electron chi connectivity index (χ3n) is 4.02. The third kappa shape index (κ3) is 4.94. The van der Waals surface area contributed by atoms with E-state index in [-0.39, 0.29) is 18.4 Å². The van der Waals surface area contributed by atoms with Crippen molar-refractivity contribution in [1.29, 1.82) is 0 Å². The van der Waals surface area contributed by atoms with Crippen LogP contribution in [0.5, 0.6) is 0 Å². The number of nitrogens with one attached hydrogen (secondary N) is 1. The lowest BCUT2D eigenvalue weighted by Crippen LogP contribution is -2.43. The first-order chi connectivity index (χ1) is 11.9. The summed E-state index contributed by atoms with van der Waals surface area (Å²) in [5, 5.41) is 2.19. The molecule has 1 fully saturated rings. The van der Waals surface area contributed by atoms with Crippen LogP contribution in [0.3, 0.4) is 0 Å². The Labute approximate surface area is 144 Å². The topological polar surface area (TPSA) is 58.6 Å². The average Bonchev–Trinajstić information content (AvgIpc) is 2.62. The Morgan fingerprint density at radius 2 is 1.88 bits per heavy atom. The highest BCUT2D eigenvalue weighted by Crippen LogP contribution is 2.20. The minimum atomic E-state index is -1.65. The smallest absolute Gasteiger partial charge is 0.244 e. The molecular formula is C17H21F3N2O3. The maximum absolute atomic E-state index is 13.6. The van der Waals surface area contributed by atoms with E-state index in [9.17, 15) is 22.8 Å². The first-order valence-corrected chi connectivity index (χ1v) is 8.24. The van der Waals surface area contributed by atoms with Gasteiger partial charge in [-0.1, -0.05) is 6.92 Å². The summed E-state index contributed by atoms with van der Waals surface area (Å²) in [4.78, 5) is 26.1. The summed E-state index contributed by atoms with van der Waals surface area (Å²) in [6, 6.07) is 1.67. The highest BCUT2D eigenvalue weighted by atomic mass is 19.2. The predicted molar refractivity (Wildman–Crippen MR) is 85.4 cm³/mol. The van der Waals surface area contributed by atoms with Crippen LogP contribution in [0.1, 0.15) is 26.2 Å². The van der Waals surface area contributed by atoms with E-state index in [1.807, 2.05) is 6.92 Å². The van der Waals surface area contributed by atoms with Gasteiger partial charge < -0.3 is 15.0 Å². The molecule has 1 N–H and O–H groups in total. The molecular weight excluding hydrogens is 337 g/mol. The van der Waals surface area contributed by atoms with Gasteiger partial charge in [0.15, 0.2) is 17.5 Å². The lowest BCUT2D eigenvalue weighted by atomic mass is 9.98. The summed E-state index contributed by atoms with van der Waals surface area (Å²) < 4.78 is 45.0. The molecule has 0 radical (unpaired) electrons. The van der Waals surface area contributed by atoms with Crippen LogP contribution in [-0.4, -0.2) is 43.0 Å². The van der Waals surface area contributed by atoms with Gasteiger partial charge in [0.1, 0.15) is 0 Å². The molecule has 2 rings (SSSR count). The van der Waals surface area contributed by atoms with Crippen molar-refractivity contribution in [3.63, 3.8) is 0 Å². The Morgan fingerprint density at radius 1 is 1.20 bits per heavy atom. The fraction of sp³-hybridized carbons (Fsp3) is 0.529. The molecule has 0 aliphatic carbocycles. The second-order valence-electron chi connectivity index (χ2n) is 5.92. The molecule has 1 saturated heterocycles. The van der Waals surface area contributed by atoms with E-state index >= 15 is 0 Å². The number of rotatable bonds is 6. The fourth-order valence-electron chi connectivity index (χ4n) is 2.73. The first-order valence-electron chi connectivity index (χ1n) is 8.24. The number of nitrogens with zero attached hydrogens (tertiary/aromatic N) is 1. The van der Waals surface area contributed by atoms with E-state index in [1.165, 1.54) is 4.90 Å². The molecule has 1 aliphatic rings. The molecule has 0 aromatic heterocycles. The summed E-state index contributed by atoms with van der Waals surface area (Å²) in [6.07, 6.45) is 1.85. The fourth-order valence-corrected chi connectivity index (χ4v) is 2.73. The lowest BCUT2D eigenvalue weighted by molar-refractivity contribution is -0.141. The Bertz CT molecular complexity index is 634. The zero-order valence-electron chi connectivity index (χ0n) is 14.0. The molecule has 25 heavy (non-hydrogen) atoms. The van der Waals surface area contributed by atoms with Crippen LogP contribution in [0.4, 0.5) is 18.9 Å². The van der Waals surface area contributed by atoms with Gasteiger partial charge in [-0.25, -0.2) is 13.2 Å². The molecule has 8 heteroatoms. The maximum atomic E-state index is 13.6. The van der Waals surface area contributed by atoms with Gasteiger partial charge in [0, 0.05) is 25.7 Å². The Morgan fingerprint density at radius 3 is 2.52 bits per heavy atom. The molecule has 0 bridgehead atoms. The van der Waals surface area contributed by atoms with Gasteiger partial charge in [-0.15, -0.1) is 0 Å². The van der Waals surface area contributed by atoms with E-state index in [1.54, 1.807) is 0 Å². The van der Waals surface area contributed by atoms with Crippen molar-refractivity contribution in [2.75, 3.05) is 31.6 Å². The van der Waals surface area contributed by atoms with Gasteiger partial charge in [0.25, 0.3) is 0 Å². The quantitative estimate of drug-likeness (QED) is 0.796. The molecule has 0 atom stereocenters. The standard InChI is InChI=1S/C17H21F3N2O3/c1-2-7-22(17(24)11-5-8-25-9-6-11)10-14(23)21-13-4-3-12(18)15(19)16(13)20/h3-4,11H,2,5-10H2,1H3,(H,21,23). The summed E-state index contributed by atoms with van der Waals surface area (Å²) >= 11 is 0. The minimum Gasteiger partial charge on any atom is -0.381 e. The maximum Gasteiger partial charge on any atom is 0.244 e. The Balaban J connectivity index is 2.02. The number of benzene rings is 1. The van der Waals surface area contributed by atoms with Gasteiger partial charge in [-0.05, 0) is 31.4 Å². The van der Waals surface area contributed by atoms with Crippen LogP contribution < -0.4 is 5.32 Å². The summed E-state index contributed by atoms with van der Waals surface area (Å²) in [5.41, 5.74) is -0.459. The van der Waals surface area contributed by atoms with Crippen molar-refractivity contribution >= 4 is 17.5 Å². The van der Waals surface area contributed by atoms with E-state index < -0.39 is 29.0 Å². The summed E-state index contributed by atoms with van der Waals surface area (Å²) in [5.74, 6) is -5.47. The third-order valence-corrected chi connectivity index (χ3v) is 4.02. The monoisotopic (exact) mass is 358 g/mol. The second kappa shape index (κ2) is 8.84. The average molecular weight is 358 g/mol. The van der Waals surface area contributed by atoms with Crippen LogP contribution in [0.15, 0.2) is 12.1 Å². The second-order valence-corrected chi connectivity index (χ2v) is 5.92. The normalized spacial score (nSPS) is 15.0. The number of amides is 2. The van der Waals surface area contributed by atoms with Crippen molar-refractivity contribution in [3.05, 3.63) is 29.6 Å². The van der Waals surface area contributed by atoms with E-state index in [4.69, 9.17) is 4.74 Å². The number of anilines is 1. The molecule has 1 aliphatic heterocycles. The zero-order valence-corrected chi connectivity index (χ0v) is 14.0. The van der Waals surface area contributed by atoms with Gasteiger partial charge in [0.05, 0.1) is 12.2 Å². The molecule has 0 saturated carbocycles. The predicted octanol–water partition coefficient (Wildman–Crippen LogP) is 2.71. The van der Waals surface area contributed by atoms with Crippen LogP contribution in [-0.2, 0) is 14.3 Å². The van der Waals surface area contributed by atoms with Crippen molar-refractivity contribution < 1.29 is 27.5 Å². The largest absolute Gasteiger partial charge is 0.381 e. The molecule has 1 aromatic rings. The van der Waals surface area contributed by atoms with Crippen LogP contribution in [0.25, 0.3) is 0 Å². The molecule has 1 aromatic carbocycles. The molecule has 5 nitrogen and oxygen atoms in total. The lowest BCUT2D eigenvalue weighted by Gasteiger charge is -2.28. The summed E-state index contributed by atoms with van der Waals surface area (Å²) in [7, 11) is 0. The first kappa shape index (κ1) is 19.2. The molecule has 0 spiro atoms. The van der Waals surface area contributed by atoms with Gasteiger partial charge in [-0.2, -0.15) is 0 Å². The Kier molecular flexibility index (Phi) is 6.81. The van der Waals surface area contributed by atoms with E-state index in [0.29, 0.717) is 39.0 Å². The summed E-state index contributed by atoms with van der Waals surface area (Å²) in [6.45, 7) is 2.98. The van der Waals surface area contributed by atoms with Gasteiger partial charge in [-0.3, -0.25) is 9.59 Å². The SMILES string of the molecule is CCCN(CC(=O)Nc1ccc(F)c(F)c1F)C(=O)C1CCOCC1. The highest BCUT2D eigenvalue weighted by molar-refractivity contribution is 5.95. The number of halogens is 3. The molecule has 0 unspecified atom stereocenters. The Hall–Kier alpha value is -2.09. The van der Waals surface area contributed by atoms with Crippen molar-refractivity contribution in [1.82, 2.24) is 4.90 Å². The number of carbonyl (C=O) groups is 2. The van der Waals surface area contributed by atoms with Crippen molar-refractivity contribution in [3.8, 4) is 0 Å². The number of ether oxygens (including phenoxy) is 1. The van der Waals surface area contributed by atoms with Crippen LogP contribution in [0, 0.1) is 23.4 Å². The molecule has 1 heterocycles. The zero-order chi connectivity index (χ0) is 18.4. The van der Waals surface area contributed by atoms with Crippen molar-refractivity contribution in [2.45, 2.75) is 26.2 Å². The van der Waals surface area contributed by atoms with Gasteiger partial charge >= 0.3 is 0 Å². The number of carbonyl (C=O) groups excluding carboxylic acids is 2. The number of hydrogen-bond acceptors (Lipinski definition) is 3. The van der Waals surface area contributed by atoms with E-state index in [2.05, 4.69) is 5.32 Å². The minimum absolute atomic E-state index is 0.147. The highest BCUT2D eigenvalue weighted by Gasteiger charge is 2.27. The van der Waals surface area contributed by atoms with Crippen LogP contribution >= 0.6 is 0 Å². The molecule has 138 valence electrons. The van der Waals surface area contributed by atoms with Crippen LogP contribution in [0.2, 0.25) is 0 Å². The number of hydrogen-bond donors (Lipinski definition) is 1.